The number of pyridine rings is 1. The van der Waals surface area contributed by atoms with Crippen LogP contribution in [0.4, 0.5) is 10.6 Å². The molecule has 0 radical (unpaired) electrons. The number of hydrogen-bond donors (Lipinski definition) is 1. The molecule has 0 bridgehead atoms. The van der Waals surface area contributed by atoms with Gasteiger partial charge in [-0.25, -0.2) is 9.78 Å². The summed E-state index contributed by atoms with van der Waals surface area (Å²) in [5, 5.41) is 2.47. The number of aromatic nitrogens is 1. The summed E-state index contributed by atoms with van der Waals surface area (Å²) in [7, 11) is 1.51. The minimum Gasteiger partial charge on any atom is -0.493 e. The Morgan fingerprint density at radius 3 is 3.07 bits per heavy atom. The number of carbonyl (C=O) groups is 1. The van der Waals surface area contributed by atoms with Gasteiger partial charge in [-0.3, -0.25) is 5.32 Å². The van der Waals surface area contributed by atoms with Crippen molar-refractivity contribution >= 4 is 11.9 Å². The minimum absolute atomic E-state index is 0.320. The maximum absolute atomic E-state index is 11.1. The molecule has 1 N–H and O–H groups in total. The Kier molecular flexibility index (Phi) is 3.72. The van der Waals surface area contributed by atoms with E-state index in [1.165, 1.54) is 7.11 Å². The van der Waals surface area contributed by atoms with Gasteiger partial charge >= 0.3 is 6.09 Å². The molecular weight excluding hydrogens is 184 g/mol. The molecule has 0 aliphatic carbocycles. The van der Waals surface area contributed by atoms with E-state index in [-0.39, 0.29) is 0 Å². The van der Waals surface area contributed by atoms with Crippen LogP contribution in [0.3, 0.4) is 0 Å². The lowest BCUT2D eigenvalue weighted by molar-refractivity contribution is 0.167. The Hall–Kier alpha value is -1.78. The van der Waals surface area contributed by atoms with Crippen LogP contribution in [0.1, 0.15) is 6.92 Å². The van der Waals surface area contributed by atoms with Gasteiger partial charge < -0.3 is 9.47 Å². The molecule has 0 spiro atoms. The van der Waals surface area contributed by atoms with E-state index in [0.29, 0.717) is 18.2 Å². The lowest BCUT2D eigenvalue weighted by Gasteiger charge is -2.07. The Morgan fingerprint density at radius 1 is 1.64 bits per heavy atom. The highest BCUT2D eigenvalue weighted by Crippen LogP contribution is 2.19. The van der Waals surface area contributed by atoms with Crippen LogP contribution in [-0.4, -0.2) is 24.8 Å². The van der Waals surface area contributed by atoms with Gasteiger partial charge in [-0.15, -0.1) is 0 Å². The Bertz CT molecular complexity index is 315. The fraction of sp³-hybridized carbons (Fsp3) is 0.333. The fourth-order valence-corrected chi connectivity index (χ4v) is 0.913. The highest BCUT2D eigenvalue weighted by molar-refractivity contribution is 5.85. The molecule has 1 rings (SSSR count). The van der Waals surface area contributed by atoms with E-state index in [1.54, 1.807) is 25.3 Å². The Balaban J connectivity index is 2.70. The molecule has 14 heavy (non-hydrogen) atoms. The first-order valence-electron chi connectivity index (χ1n) is 4.20. The van der Waals surface area contributed by atoms with Crippen molar-refractivity contribution in [3.8, 4) is 5.75 Å². The zero-order valence-corrected chi connectivity index (χ0v) is 8.11. The molecular formula is C9H12N2O3. The number of methoxy groups -OCH3 is 1. The van der Waals surface area contributed by atoms with Gasteiger partial charge in [0.2, 0.25) is 0 Å². The van der Waals surface area contributed by atoms with Crippen LogP contribution >= 0.6 is 0 Å². The van der Waals surface area contributed by atoms with Crippen molar-refractivity contribution in [2.24, 2.45) is 0 Å². The van der Waals surface area contributed by atoms with Crippen LogP contribution < -0.4 is 10.1 Å². The average Bonchev–Trinajstić information content (AvgIpc) is 2.19. The number of ether oxygens (including phenoxy) is 2. The standard InChI is InChI=1S/C9H12N2O3/c1-3-14-9(12)11-8-7(13-2)5-4-6-10-8/h4-6H,3H2,1-2H3,(H,10,11,12). The van der Waals surface area contributed by atoms with Gasteiger partial charge in [0.15, 0.2) is 11.6 Å². The van der Waals surface area contributed by atoms with E-state index in [1.807, 2.05) is 0 Å². The number of nitrogens with zero attached hydrogens (tertiary/aromatic N) is 1. The van der Waals surface area contributed by atoms with Gasteiger partial charge in [-0.2, -0.15) is 0 Å². The first-order valence-corrected chi connectivity index (χ1v) is 4.20. The van der Waals surface area contributed by atoms with E-state index in [2.05, 4.69) is 10.3 Å². The van der Waals surface area contributed by atoms with Crippen LogP contribution in [-0.2, 0) is 4.74 Å². The molecule has 1 amide bonds. The molecule has 0 saturated heterocycles. The molecule has 0 aliphatic heterocycles. The van der Waals surface area contributed by atoms with Crippen LogP contribution in [0.15, 0.2) is 18.3 Å². The third-order valence-electron chi connectivity index (χ3n) is 1.49. The molecule has 1 aromatic rings. The largest absolute Gasteiger partial charge is 0.493 e. The van der Waals surface area contributed by atoms with Crippen molar-refractivity contribution in [2.75, 3.05) is 19.0 Å². The number of rotatable bonds is 3. The second-order valence-electron chi connectivity index (χ2n) is 2.40. The van der Waals surface area contributed by atoms with Gasteiger partial charge in [0.1, 0.15) is 0 Å². The second kappa shape index (κ2) is 5.06. The molecule has 0 aliphatic rings. The van der Waals surface area contributed by atoms with E-state index >= 15 is 0 Å². The van der Waals surface area contributed by atoms with E-state index < -0.39 is 6.09 Å². The predicted octanol–water partition coefficient (Wildman–Crippen LogP) is 1.66. The molecule has 0 atom stereocenters. The summed E-state index contributed by atoms with van der Waals surface area (Å²) >= 11 is 0. The molecule has 0 aromatic carbocycles. The molecule has 0 saturated carbocycles. The molecule has 1 aromatic heterocycles. The van der Waals surface area contributed by atoms with E-state index in [4.69, 9.17) is 9.47 Å². The predicted molar refractivity (Wildman–Crippen MR) is 51.4 cm³/mol. The smallest absolute Gasteiger partial charge is 0.412 e. The van der Waals surface area contributed by atoms with Gasteiger partial charge in [-0.1, -0.05) is 0 Å². The monoisotopic (exact) mass is 196 g/mol. The number of nitrogens with one attached hydrogen (secondary N) is 1. The summed E-state index contributed by atoms with van der Waals surface area (Å²) in [4.78, 5) is 15.0. The van der Waals surface area contributed by atoms with Crippen LogP contribution in [0.2, 0.25) is 0 Å². The lowest BCUT2D eigenvalue weighted by atomic mass is 10.4. The Morgan fingerprint density at radius 2 is 2.43 bits per heavy atom. The van der Waals surface area contributed by atoms with Gasteiger partial charge in [0, 0.05) is 6.20 Å². The summed E-state index contributed by atoms with van der Waals surface area (Å²) in [5.41, 5.74) is 0. The van der Waals surface area contributed by atoms with Gasteiger partial charge in [0.25, 0.3) is 0 Å². The lowest BCUT2D eigenvalue weighted by Crippen LogP contribution is -2.14. The van der Waals surface area contributed by atoms with Crippen LogP contribution in [0.5, 0.6) is 5.75 Å². The second-order valence-corrected chi connectivity index (χ2v) is 2.40. The van der Waals surface area contributed by atoms with Crippen LogP contribution in [0.25, 0.3) is 0 Å². The van der Waals surface area contributed by atoms with Crippen molar-refractivity contribution in [2.45, 2.75) is 6.92 Å². The third-order valence-corrected chi connectivity index (χ3v) is 1.49. The van der Waals surface area contributed by atoms with Crippen LogP contribution in [0, 0.1) is 0 Å². The van der Waals surface area contributed by atoms with Gasteiger partial charge in [-0.05, 0) is 19.1 Å². The topological polar surface area (TPSA) is 60.5 Å². The summed E-state index contributed by atoms with van der Waals surface area (Å²) in [6.45, 7) is 2.05. The summed E-state index contributed by atoms with van der Waals surface area (Å²) in [5.74, 6) is 0.856. The van der Waals surface area contributed by atoms with Crippen molar-refractivity contribution in [3.05, 3.63) is 18.3 Å². The SMILES string of the molecule is CCOC(=O)Nc1ncccc1OC. The molecule has 76 valence electrons. The molecule has 1 heterocycles. The third kappa shape index (κ3) is 2.62. The fourth-order valence-electron chi connectivity index (χ4n) is 0.913. The maximum atomic E-state index is 11.1. The van der Waals surface area contributed by atoms with Gasteiger partial charge in [0.05, 0.1) is 13.7 Å². The van der Waals surface area contributed by atoms with Crippen molar-refractivity contribution in [3.63, 3.8) is 0 Å². The quantitative estimate of drug-likeness (QED) is 0.798. The summed E-state index contributed by atoms with van der Waals surface area (Å²) < 4.78 is 9.69. The number of amides is 1. The summed E-state index contributed by atoms with van der Waals surface area (Å²) in [6, 6.07) is 3.42. The molecule has 5 nitrogen and oxygen atoms in total. The normalized spacial score (nSPS) is 9.29. The van der Waals surface area contributed by atoms with Crippen molar-refractivity contribution < 1.29 is 14.3 Å². The zero-order valence-electron chi connectivity index (χ0n) is 8.11. The average molecular weight is 196 g/mol. The zero-order chi connectivity index (χ0) is 10.4. The van der Waals surface area contributed by atoms with E-state index in [0.717, 1.165) is 0 Å². The molecule has 0 unspecified atom stereocenters. The highest BCUT2D eigenvalue weighted by atomic mass is 16.5. The molecule has 5 heteroatoms. The number of anilines is 1. The maximum Gasteiger partial charge on any atom is 0.412 e. The first-order chi connectivity index (χ1) is 6.77. The first kappa shape index (κ1) is 10.3. The van der Waals surface area contributed by atoms with Crippen molar-refractivity contribution in [1.29, 1.82) is 0 Å². The van der Waals surface area contributed by atoms with E-state index in [9.17, 15) is 4.79 Å². The summed E-state index contributed by atoms with van der Waals surface area (Å²) in [6.07, 6.45) is 1.02. The minimum atomic E-state index is -0.537. The molecule has 0 fully saturated rings. The van der Waals surface area contributed by atoms with Crippen molar-refractivity contribution in [1.82, 2.24) is 4.98 Å². The number of hydrogen-bond acceptors (Lipinski definition) is 4. The Labute approximate surface area is 82.0 Å². The number of carbonyl (C=O) groups excluding carboxylic acids is 1. The highest BCUT2D eigenvalue weighted by Gasteiger charge is 2.07.